The summed E-state index contributed by atoms with van der Waals surface area (Å²) >= 11 is 3.54. The molecule has 0 unspecified atom stereocenters. The minimum absolute atomic E-state index is 0.0920. The molecular formula is C30H40BrN5O2. The van der Waals surface area contributed by atoms with Crippen LogP contribution in [0.2, 0.25) is 0 Å². The Bertz CT molecular complexity index is 1150. The lowest BCUT2D eigenvalue weighted by molar-refractivity contribution is 0.0161. The number of likely N-dealkylation sites (tertiary alicyclic amines) is 2. The van der Waals surface area contributed by atoms with E-state index in [4.69, 9.17) is 14.8 Å². The highest BCUT2D eigenvalue weighted by Crippen LogP contribution is 2.39. The molecule has 5 rings (SSSR count). The Labute approximate surface area is 235 Å². The number of aromatic nitrogens is 2. The van der Waals surface area contributed by atoms with Crippen molar-refractivity contribution in [1.82, 2.24) is 19.8 Å². The van der Waals surface area contributed by atoms with Gasteiger partial charge in [0, 0.05) is 34.9 Å². The lowest BCUT2D eigenvalue weighted by Gasteiger charge is -2.49. The fourth-order valence-corrected chi connectivity index (χ4v) is 6.32. The topological polar surface area (TPSA) is 70.9 Å². The van der Waals surface area contributed by atoms with Gasteiger partial charge in [0.1, 0.15) is 12.4 Å². The maximum Gasteiger partial charge on any atom is 0.257 e. The van der Waals surface area contributed by atoms with E-state index in [1.807, 2.05) is 25.7 Å². The molecular weight excluding hydrogens is 542 g/mol. The quantitative estimate of drug-likeness (QED) is 0.301. The van der Waals surface area contributed by atoms with Crippen LogP contribution in [-0.2, 0) is 4.84 Å². The van der Waals surface area contributed by atoms with Gasteiger partial charge in [0.25, 0.3) is 5.91 Å². The van der Waals surface area contributed by atoms with Gasteiger partial charge in [-0.3, -0.25) is 9.69 Å². The fraction of sp³-hybridized carbons (Fsp3) is 0.600. The van der Waals surface area contributed by atoms with Crippen molar-refractivity contribution in [3.05, 3.63) is 57.1 Å². The molecule has 1 aromatic carbocycles. The van der Waals surface area contributed by atoms with Gasteiger partial charge in [-0.15, -0.1) is 0 Å². The lowest BCUT2D eigenvalue weighted by atomic mass is 9.82. The van der Waals surface area contributed by atoms with E-state index in [2.05, 4.69) is 57.2 Å². The van der Waals surface area contributed by atoms with Crippen molar-refractivity contribution in [2.75, 3.05) is 32.8 Å². The summed E-state index contributed by atoms with van der Waals surface area (Å²) in [6, 6.07) is 8.38. The Morgan fingerprint density at radius 1 is 1.03 bits per heavy atom. The monoisotopic (exact) mass is 581 g/mol. The van der Waals surface area contributed by atoms with Crippen LogP contribution in [0.5, 0.6) is 0 Å². The van der Waals surface area contributed by atoms with Crippen LogP contribution >= 0.6 is 15.9 Å². The van der Waals surface area contributed by atoms with Crippen molar-refractivity contribution in [2.24, 2.45) is 11.1 Å². The SMILES string of the molecule is CCO/N=C(\c1ccc(Br)cc1)C1CCN(C2(C)CCN(C(=O)c3c(C)nc(C4CC4)nc3C)CC2)CC1. The third-order valence-corrected chi connectivity index (χ3v) is 9.18. The molecule has 3 aliphatic rings. The summed E-state index contributed by atoms with van der Waals surface area (Å²) in [5.41, 5.74) is 4.66. The summed E-state index contributed by atoms with van der Waals surface area (Å²) in [7, 11) is 0. The van der Waals surface area contributed by atoms with Gasteiger partial charge in [0.05, 0.1) is 22.7 Å². The van der Waals surface area contributed by atoms with Crippen molar-refractivity contribution in [3.63, 3.8) is 0 Å². The Morgan fingerprint density at radius 2 is 1.63 bits per heavy atom. The molecule has 204 valence electrons. The summed E-state index contributed by atoms with van der Waals surface area (Å²) in [4.78, 5) is 33.1. The van der Waals surface area contributed by atoms with E-state index in [9.17, 15) is 4.79 Å². The minimum Gasteiger partial charge on any atom is -0.396 e. The first kappa shape index (κ1) is 27.3. The van der Waals surface area contributed by atoms with Gasteiger partial charge >= 0.3 is 0 Å². The van der Waals surface area contributed by atoms with E-state index < -0.39 is 0 Å². The number of carbonyl (C=O) groups is 1. The molecule has 0 bridgehead atoms. The molecule has 8 heteroatoms. The molecule has 3 fully saturated rings. The number of amides is 1. The van der Waals surface area contributed by atoms with Gasteiger partial charge in [-0.25, -0.2) is 9.97 Å². The number of halogens is 1. The Morgan fingerprint density at radius 3 is 2.18 bits per heavy atom. The molecule has 2 saturated heterocycles. The van der Waals surface area contributed by atoms with Crippen LogP contribution in [-0.4, -0.2) is 69.7 Å². The Kier molecular flexibility index (Phi) is 8.19. The number of oxime groups is 1. The number of benzene rings is 1. The normalized spacial score (nSPS) is 21.0. The first-order chi connectivity index (χ1) is 18.3. The van der Waals surface area contributed by atoms with Crippen LogP contribution < -0.4 is 0 Å². The lowest BCUT2D eigenvalue weighted by Crippen LogP contribution is -2.56. The number of nitrogens with zero attached hydrogens (tertiary/aromatic N) is 5. The zero-order chi connectivity index (χ0) is 26.9. The van der Waals surface area contributed by atoms with Gasteiger partial charge in [0.2, 0.25) is 0 Å². The summed E-state index contributed by atoms with van der Waals surface area (Å²) < 4.78 is 1.07. The molecule has 2 aliphatic heterocycles. The van der Waals surface area contributed by atoms with Crippen molar-refractivity contribution in [3.8, 4) is 0 Å². The molecule has 0 spiro atoms. The zero-order valence-corrected chi connectivity index (χ0v) is 24.8. The van der Waals surface area contributed by atoms with Crippen LogP contribution in [0.1, 0.15) is 91.4 Å². The summed E-state index contributed by atoms with van der Waals surface area (Å²) in [6.07, 6.45) is 6.41. The van der Waals surface area contributed by atoms with Crippen molar-refractivity contribution in [1.29, 1.82) is 0 Å². The predicted octanol–water partition coefficient (Wildman–Crippen LogP) is 5.88. The van der Waals surface area contributed by atoms with Crippen molar-refractivity contribution >= 4 is 27.5 Å². The summed E-state index contributed by atoms with van der Waals surface area (Å²) in [5.74, 6) is 1.89. The van der Waals surface area contributed by atoms with Crippen molar-refractivity contribution in [2.45, 2.75) is 77.7 Å². The molecule has 1 saturated carbocycles. The number of carbonyl (C=O) groups excluding carboxylic acids is 1. The van der Waals surface area contributed by atoms with Crippen LogP contribution in [0, 0.1) is 19.8 Å². The first-order valence-electron chi connectivity index (χ1n) is 14.1. The third-order valence-electron chi connectivity index (χ3n) is 8.65. The van der Waals surface area contributed by atoms with E-state index in [-0.39, 0.29) is 11.4 Å². The molecule has 1 aliphatic carbocycles. The van der Waals surface area contributed by atoms with Crippen LogP contribution in [0.25, 0.3) is 0 Å². The number of hydrogen-bond acceptors (Lipinski definition) is 6. The summed E-state index contributed by atoms with van der Waals surface area (Å²) in [5, 5.41) is 4.54. The Balaban J connectivity index is 1.20. The van der Waals surface area contributed by atoms with Gasteiger partial charge in [-0.1, -0.05) is 33.2 Å². The van der Waals surface area contributed by atoms with E-state index in [0.717, 1.165) is 84.8 Å². The molecule has 0 atom stereocenters. The maximum atomic E-state index is 13.5. The van der Waals surface area contributed by atoms with Crippen molar-refractivity contribution < 1.29 is 9.63 Å². The molecule has 3 heterocycles. The first-order valence-corrected chi connectivity index (χ1v) is 14.9. The average Bonchev–Trinajstić information content (AvgIpc) is 3.76. The second-order valence-corrected chi connectivity index (χ2v) is 12.3. The number of piperidine rings is 2. The molecule has 2 aromatic rings. The second-order valence-electron chi connectivity index (χ2n) is 11.4. The molecule has 0 N–H and O–H groups in total. The van der Waals surface area contributed by atoms with Gasteiger partial charge in [-0.2, -0.15) is 0 Å². The van der Waals surface area contributed by atoms with Gasteiger partial charge in [-0.05, 0) is 97.0 Å². The van der Waals surface area contributed by atoms with E-state index in [1.54, 1.807) is 0 Å². The zero-order valence-electron chi connectivity index (χ0n) is 23.2. The molecule has 0 radical (unpaired) electrons. The highest BCUT2D eigenvalue weighted by atomic mass is 79.9. The molecule has 1 amide bonds. The number of hydrogen-bond donors (Lipinski definition) is 0. The fourth-order valence-electron chi connectivity index (χ4n) is 6.05. The maximum absolute atomic E-state index is 13.5. The molecule has 38 heavy (non-hydrogen) atoms. The van der Waals surface area contributed by atoms with Gasteiger partial charge < -0.3 is 9.74 Å². The number of aryl methyl sites for hydroxylation is 2. The molecule has 1 aromatic heterocycles. The Hall–Kier alpha value is -2.32. The predicted molar refractivity (Wildman–Crippen MR) is 154 cm³/mol. The minimum atomic E-state index is 0.0920. The van der Waals surface area contributed by atoms with Crippen LogP contribution in [0.3, 0.4) is 0 Å². The third kappa shape index (κ3) is 5.81. The largest absolute Gasteiger partial charge is 0.396 e. The van der Waals surface area contributed by atoms with Crippen LogP contribution in [0.15, 0.2) is 33.9 Å². The van der Waals surface area contributed by atoms with E-state index in [0.29, 0.717) is 24.0 Å². The highest BCUT2D eigenvalue weighted by molar-refractivity contribution is 9.10. The molecule has 7 nitrogen and oxygen atoms in total. The van der Waals surface area contributed by atoms with E-state index >= 15 is 0 Å². The van der Waals surface area contributed by atoms with E-state index in [1.165, 1.54) is 12.8 Å². The summed E-state index contributed by atoms with van der Waals surface area (Å²) in [6.45, 7) is 12.5. The second kappa shape index (κ2) is 11.4. The smallest absolute Gasteiger partial charge is 0.257 e. The number of rotatable bonds is 7. The van der Waals surface area contributed by atoms with Gasteiger partial charge in [0.15, 0.2) is 0 Å². The average molecular weight is 583 g/mol. The highest BCUT2D eigenvalue weighted by Gasteiger charge is 2.40. The standard InChI is InChI=1S/C30H40BrN5O2/c1-5-38-34-27(22-8-10-25(31)11-9-22)23-12-16-36(17-13-23)30(4)14-18-35(19-15-30)29(37)26-20(2)32-28(24-6-7-24)33-21(26)3/h8-11,23-24H,5-7,12-19H2,1-4H3/b34-27+. The van der Waals surface area contributed by atoms with Crippen LogP contribution in [0.4, 0.5) is 0 Å².